The van der Waals surface area contributed by atoms with Gasteiger partial charge in [0.25, 0.3) is 0 Å². The van der Waals surface area contributed by atoms with E-state index in [4.69, 9.17) is 9.05 Å². The molecule has 1 heterocycles. The average molecular weight is 814 g/mol. The van der Waals surface area contributed by atoms with Crippen LogP contribution in [0.1, 0.15) is 240 Å². The molecule has 0 atom stereocenters. The van der Waals surface area contributed by atoms with Crippen molar-refractivity contribution < 1.29 is 13.9 Å². The standard InChI is InChI=1S/C54H86O3P/c1-22-48(8,9)38-30-36-29-37-31-39(49(10,11)23-2)33-42(52(16,17)26-5)46(37)57-58(55,56-45(36)41(32-38)51(14,15)25-4)47-43(53(18,19)27-6)34-40(50(12,13)24-3)35-44(47)54(20,21)28-7/h30-35,55H,22-29H2,1-21H3/q+1. The molecular formula is C54H86O3P+. The van der Waals surface area contributed by atoms with Crippen molar-refractivity contribution in [3.63, 3.8) is 0 Å². The fourth-order valence-electron chi connectivity index (χ4n) is 7.94. The van der Waals surface area contributed by atoms with Crippen LogP contribution in [-0.4, -0.2) is 4.89 Å². The lowest BCUT2D eigenvalue weighted by atomic mass is 9.72. The number of rotatable bonds is 15. The van der Waals surface area contributed by atoms with Crippen LogP contribution in [-0.2, 0) is 44.3 Å². The van der Waals surface area contributed by atoms with Crippen LogP contribution >= 0.6 is 7.94 Å². The van der Waals surface area contributed by atoms with Crippen LogP contribution in [0.15, 0.2) is 36.4 Å². The van der Waals surface area contributed by atoms with E-state index in [9.17, 15) is 4.89 Å². The van der Waals surface area contributed by atoms with Crippen molar-refractivity contribution >= 4 is 13.2 Å². The second kappa shape index (κ2) is 16.5. The number of fused-ring (bicyclic) bond motifs is 2. The lowest BCUT2D eigenvalue weighted by Gasteiger charge is -2.38. The van der Waals surface area contributed by atoms with Crippen molar-refractivity contribution in [2.75, 3.05) is 0 Å². The zero-order valence-electron chi connectivity index (χ0n) is 41.3. The van der Waals surface area contributed by atoms with Crippen molar-refractivity contribution in [1.82, 2.24) is 0 Å². The average Bonchev–Trinajstić information content (AvgIpc) is 3.17. The smallest absolute Gasteiger partial charge is 0.273 e. The molecule has 0 saturated carbocycles. The summed E-state index contributed by atoms with van der Waals surface area (Å²) in [5.41, 5.74) is 9.72. The van der Waals surface area contributed by atoms with Crippen LogP contribution in [0.5, 0.6) is 11.5 Å². The summed E-state index contributed by atoms with van der Waals surface area (Å²) in [6.45, 7) is 48.8. The van der Waals surface area contributed by atoms with Crippen LogP contribution in [0, 0.1) is 0 Å². The predicted octanol–water partition coefficient (Wildman–Crippen LogP) is 15.9. The molecule has 3 aromatic rings. The molecule has 324 valence electrons. The van der Waals surface area contributed by atoms with Crippen LogP contribution in [0.3, 0.4) is 0 Å². The Balaban J connectivity index is 2.41. The maximum absolute atomic E-state index is 14.3. The van der Waals surface area contributed by atoms with Gasteiger partial charge < -0.3 is 0 Å². The molecule has 1 N–H and O–H groups in total. The van der Waals surface area contributed by atoms with Gasteiger partial charge in [-0.3, -0.25) is 9.05 Å². The Morgan fingerprint density at radius 3 is 0.914 bits per heavy atom. The summed E-state index contributed by atoms with van der Waals surface area (Å²) >= 11 is 0. The van der Waals surface area contributed by atoms with Gasteiger partial charge in [-0.05, 0) is 99.5 Å². The van der Waals surface area contributed by atoms with Gasteiger partial charge in [0.15, 0.2) is 11.5 Å². The minimum Gasteiger partial charge on any atom is -0.273 e. The summed E-state index contributed by atoms with van der Waals surface area (Å²) in [6.07, 6.45) is 7.38. The second-order valence-electron chi connectivity index (χ2n) is 22.5. The predicted molar refractivity (Wildman–Crippen MR) is 255 cm³/mol. The molecule has 0 spiro atoms. The third kappa shape index (κ3) is 8.99. The van der Waals surface area contributed by atoms with Gasteiger partial charge in [-0.1, -0.05) is 182 Å². The summed E-state index contributed by atoms with van der Waals surface area (Å²) in [7, 11) is -3.97. The van der Waals surface area contributed by atoms with Crippen LogP contribution in [0.4, 0.5) is 0 Å². The van der Waals surface area contributed by atoms with Gasteiger partial charge in [0.2, 0.25) is 5.30 Å². The molecule has 58 heavy (non-hydrogen) atoms. The van der Waals surface area contributed by atoms with Crippen LogP contribution in [0.25, 0.3) is 0 Å². The highest BCUT2D eigenvalue weighted by Gasteiger charge is 2.57. The zero-order chi connectivity index (χ0) is 44.2. The number of hydrogen-bond donors (Lipinski definition) is 1. The fourth-order valence-corrected chi connectivity index (χ4v) is 10.4. The maximum atomic E-state index is 14.3. The quantitative estimate of drug-likeness (QED) is 0.155. The third-order valence-corrected chi connectivity index (χ3v) is 17.9. The molecule has 0 radical (unpaired) electrons. The highest BCUT2D eigenvalue weighted by atomic mass is 31.2. The molecule has 3 nitrogen and oxygen atoms in total. The topological polar surface area (TPSA) is 38.7 Å². The highest BCUT2D eigenvalue weighted by molar-refractivity contribution is 7.69. The molecule has 0 aromatic heterocycles. The van der Waals surface area contributed by atoms with E-state index in [-0.39, 0.29) is 37.9 Å². The Morgan fingerprint density at radius 2 is 0.638 bits per heavy atom. The van der Waals surface area contributed by atoms with E-state index in [0.29, 0.717) is 6.42 Å². The van der Waals surface area contributed by atoms with Crippen molar-refractivity contribution in [1.29, 1.82) is 0 Å². The highest BCUT2D eigenvalue weighted by Crippen LogP contribution is 2.64. The molecule has 4 rings (SSSR count). The Hall–Kier alpha value is -2.35. The molecule has 0 saturated heterocycles. The molecule has 1 aliphatic heterocycles. The van der Waals surface area contributed by atoms with E-state index in [1.165, 1.54) is 16.7 Å². The Bertz CT molecular complexity index is 1830. The monoisotopic (exact) mass is 814 g/mol. The third-order valence-electron chi connectivity index (χ3n) is 16.0. The van der Waals surface area contributed by atoms with Crippen LogP contribution in [0.2, 0.25) is 0 Å². The molecule has 4 heteroatoms. The first-order valence-corrected chi connectivity index (χ1v) is 24.6. The summed E-state index contributed by atoms with van der Waals surface area (Å²) in [5, 5.41) is 0.872. The van der Waals surface area contributed by atoms with Crippen LogP contribution < -0.4 is 14.4 Å². The minimum absolute atomic E-state index is 0.0410. The van der Waals surface area contributed by atoms with E-state index in [2.05, 4.69) is 182 Å². The van der Waals surface area contributed by atoms with E-state index in [0.717, 1.165) is 95.1 Å². The molecule has 0 amide bonds. The Labute approximate surface area is 358 Å². The molecule has 0 unspecified atom stereocenters. The van der Waals surface area contributed by atoms with E-state index in [1.54, 1.807) is 0 Å². The summed E-state index contributed by atoms with van der Waals surface area (Å²) in [6, 6.07) is 14.5. The summed E-state index contributed by atoms with van der Waals surface area (Å²) < 4.78 is 15.3. The SMILES string of the molecule is CCC(C)(C)c1cc2c(c(C(C)(C)CC)c1)O[P+](O)(c1c(C(C)(C)CC)cc(C(C)(C)CC)cc1C(C)(C)CC)Oc1c(cc(C(C)(C)CC)cc1C(C)(C)CC)C2. The molecule has 3 aromatic carbocycles. The van der Waals surface area contributed by atoms with E-state index in [1.807, 2.05) is 0 Å². The lowest BCUT2D eigenvalue weighted by molar-refractivity contribution is 0.339. The first-order chi connectivity index (χ1) is 26.5. The maximum Gasteiger partial charge on any atom is 0.533 e. The van der Waals surface area contributed by atoms with Crippen molar-refractivity contribution in [3.8, 4) is 11.5 Å². The fraction of sp³-hybridized carbons (Fsp3) is 0.667. The largest absolute Gasteiger partial charge is 0.533 e. The Morgan fingerprint density at radius 1 is 0.397 bits per heavy atom. The van der Waals surface area contributed by atoms with E-state index >= 15 is 0 Å². The van der Waals surface area contributed by atoms with E-state index < -0.39 is 7.94 Å². The zero-order valence-corrected chi connectivity index (χ0v) is 42.2. The normalized spacial score (nSPS) is 15.6. The molecule has 0 fully saturated rings. The lowest BCUT2D eigenvalue weighted by Crippen LogP contribution is -2.39. The molecule has 0 aliphatic carbocycles. The molecular weight excluding hydrogens is 728 g/mol. The minimum atomic E-state index is -3.97. The van der Waals surface area contributed by atoms with Gasteiger partial charge in [-0.15, -0.1) is 0 Å². The van der Waals surface area contributed by atoms with Gasteiger partial charge in [0, 0.05) is 39.8 Å². The van der Waals surface area contributed by atoms with Gasteiger partial charge in [0.1, 0.15) is 0 Å². The van der Waals surface area contributed by atoms with Gasteiger partial charge in [-0.25, -0.2) is 0 Å². The van der Waals surface area contributed by atoms with Gasteiger partial charge in [-0.2, -0.15) is 4.89 Å². The Kier molecular flexibility index (Phi) is 13.7. The number of hydrogen-bond acceptors (Lipinski definition) is 3. The second-order valence-corrected chi connectivity index (χ2v) is 24.3. The first-order valence-electron chi connectivity index (χ1n) is 23.0. The van der Waals surface area contributed by atoms with Gasteiger partial charge in [0.05, 0.1) is 0 Å². The summed E-state index contributed by atoms with van der Waals surface area (Å²) in [4.78, 5) is 14.3. The molecule has 1 aliphatic rings. The number of benzene rings is 3. The van der Waals surface area contributed by atoms with Crippen molar-refractivity contribution in [2.24, 2.45) is 0 Å². The summed E-state index contributed by atoms with van der Waals surface area (Å²) in [5.74, 6) is 1.61. The van der Waals surface area contributed by atoms with Gasteiger partial charge >= 0.3 is 7.94 Å². The molecule has 0 bridgehead atoms. The van der Waals surface area contributed by atoms with Crippen molar-refractivity contribution in [2.45, 2.75) is 235 Å². The first kappa shape index (κ1) is 48.3. The van der Waals surface area contributed by atoms with Crippen molar-refractivity contribution in [3.05, 3.63) is 86.5 Å².